The fourth-order valence-corrected chi connectivity index (χ4v) is 3.06. The van der Waals surface area contributed by atoms with Gasteiger partial charge in [-0.2, -0.15) is 5.26 Å². The Bertz CT molecular complexity index is 691. The lowest BCUT2D eigenvalue weighted by Crippen LogP contribution is -2.10. The highest BCUT2D eigenvalue weighted by atomic mass is 35.5. The summed E-state index contributed by atoms with van der Waals surface area (Å²) in [5.74, 6) is 0. The van der Waals surface area contributed by atoms with E-state index in [9.17, 15) is 0 Å². The second kappa shape index (κ2) is 6.20. The van der Waals surface area contributed by atoms with Crippen LogP contribution in [0.1, 0.15) is 40.8 Å². The average molecular weight is 299 g/mol. The number of anilines is 1. The Balaban J connectivity index is 2.35. The van der Waals surface area contributed by atoms with Crippen molar-refractivity contribution >= 4 is 17.3 Å². The predicted octanol–water partition coefficient (Wildman–Crippen LogP) is 5.31. The Kier molecular flexibility index (Phi) is 4.55. The van der Waals surface area contributed by atoms with Gasteiger partial charge in [0.1, 0.15) is 0 Å². The van der Waals surface area contributed by atoms with Crippen LogP contribution >= 0.6 is 11.6 Å². The van der Waals surface area contributed by atoms with Crippen LogP contribution < -0.4 is 5.32 Å². The molecule has 0 fully saturated rings. The highest BCUT2D eigenvalue weighted by Gasteiger charge is 2.13. The maximum Gasteiger partial charge on any atom is 0.0992 e. The second-order valence-electron chi connectivity index (χ2n) is 5.48. The van der Waals surface area contributed by atoms with E-state index in [-0.39, 0.29) is 6.04 Å². The zero-order chi connectivity index (χ0) is 15.6. The van der Waals surface area contributed by atoms with Crippen LogP contribution in [0.25, 0.3) is 0 Å². The van der Waals surface area contributed by atoms with Crippen LogP contribution in [0.5, 0.6) is 0 Å². The largest absolute Gasteiger partial charge is 0.377 e. The minimum atomic E-state index is 0.122. The SMILES string of the molecule is Cc1cc(C)c(C(C)Nc2cc(C#N)ccc2Cl)c(C)c1. The summed E-state index contributed by atoms with van der Waals surface area (Å²) >= 11 is 6.22. The molecule has 0 aliphatic rings. The molecule has 1 unspecified atom stereocenters. The molecule has 0 aliphatic heterocycles. The number of nitrogens with zero attached hydrogens (tertiary/aromatic N) is 1. The summed E-state index contributed by atoms with van der Waals surface area (Å²) in [5, 5.41) is 13.0. The molecule has 2 nitrogen and oxygen atoms in total. The Morgan fingerprint density at radius 1 is 1.10 bits per heavy atom. The Hall–Kier alpha value is -1.98. The Morgan fingerprint density at radius 2 is 1.71 bits per heavy atom. The Morgan fingerprint density at radius 3 is 2.29 bits per heavy atom. The molecule has 21 heavy (non-hydrogen) atoms. The topological polar surface area (TPSA) is 35.8 Å². The van der Waals surface area contributed by atoms with Crippen LogP contribution in [0.3, 0.4) is 0 Å². The molecule has 0 aromatic heterocycles. The van der Waals surface area contributed by atoms with Gasteiger partial charge in [-0.15, -0.1) is 0 Å². The fourth-order valence-electron chi connectivity index (χ4n) is 2.89. The van der Waals surface area contributed by atoms with Gasteiger partial charge in [0, 0.05) is 6.04 Å². The van der Waals surface area contributed by atoms with E-state index < -0.39 is 0 Å². The van der Waals surface area contributed by atoms with Gasteiger partial charge in [0.15, 0.2) is 0 Å². The highest BCUT2D eigenvalue weighted by Crippen LogP contribution is 2.30. The van der Waals surface area contributed by atoms with E-state index in [2.05, 4.69) is 51.2 Å². The first-order chi connectivity index (χ1) is 9.92. The van der Waals surface area contributed by atoms with Crippen LogP contribution in [0.2, 0.25) is 5.02 Å². The van der Waals surface area contributed by atoms with Crippen molar-refractivity contribution in [3.8, 4) is 6.07 Å². The zero-order valence-electron chi connectivity index (χ0n) is 12.8. The molecule has 0 bridgehead atoms. The van der Waals surface area contributed by atoms with Crippen molar-refractivity contribution in [1.82, 2.24) is 0 Å². The molecule has 0 saturated heterocycles. The van der Waals surface area contributed by atoms with Gasteiger partial charge in [-0.1, -0.05) is 29.3 Å². The summed E-state index contributed by atoms with van der Waals surface area (Å²) in [7, 11) is 0. The van der Waals surface area contributed by atoms with E-state index in [1.807, 2.05) is 0 Å². The number of benzene rings is 2. The molecule has 2 aromatic carbocycles. The van der Waals surface area contributed by atoms with Gasteiger partial charge >= 0.3 is 0 Å². The molecule has 1 N–H and O–H groups in total. The number of aryl methyl sites for hydroxylation is 3. The maximum absolute atomic E-state index is 9.00. The average Bonchev–Trinajstić information content (AvgIpc) is 2.40. The van der Waals surface area contributed by atoms with Gasteiger partial charge in [0.25, 0.3) is 0 Å². The molecule has 2 rings (SSSR count). The third-order valence-electron chi connectivity index (χ3n) is 3.64. The van der Waals surface area contributed by atoms with Crippen LogP contribution in [0, 0.1) is 32.1 Å². The molecule has 108 valence electrons. The quantitative estimate of drug-likeness (QED) is 0.833. The van der Waals surface area contributed by atoms with Gasteiger partial charge in [-0.25, -0.2) is 0 Å². The summed E-state index contributed by atoms with van der Waals surface area (Å²) < 4.78 is 0. The molecule has 0 radical (unpaired) electrons. The first kappa shape index (κ1) is 15.4. The minimum absolute atomic E-state index is 0.122. The fraction of sp³-hybridized carbons (Fsp3) is 0.278. The van der Waals surface area contributed by atoms with E-state index in [1.165, 1.54) is 22.3 Å². The molecular formula is C18H19ClN2. The second-order valence-corrected chi connectivity index (χ2v) is 5.89. The number of halogens is 1. The standard InChI is InChI=1S/C18H19ClN2/c1-11-7-12(2)18(13(3)8-11)14(4)21-17-9-15(10-20)5-6-16(17)19/h5-9,14,21H,1-4H3. The van der Waals surface area contributed by atoms with E-state index >= 15 is 0 Å². The molecule has 0 aliphatic carbocycles. The number of nitriles is 1. The van der Waals surface area contributed by atoms with E-state index in [0.29, 0.717) is 10.6 Å². The molecule has 0 amide bonds. The summed E-state index contributed by atoms with van der Waals surface area (Å²) in [4.78, 5) is 0. The number of nitrogens with one attached hydrogen (secondary N) is 1. The van der Waals surface area contributed by atoms with Crippen molar-refractivity contribution in [3.05, 3.63) is 63.2 Å². The van der Waals surface area contributed by atoms with Gasteiger partial charge in [-0.3, -0.25) is 0 Å². The molecule has 0 heterocycles. The van der Waals surface area contributed by atoms with E-state index in [1.54, 1.807) is 18.2 Å². The Labute approximate surface area is 131 Å². The summed E-state index contributed by atoms with van der Waals surface area (Å²) in [6, 6.07) is 11.9. The van der Waals surface area contributed by atoms with E-state index in [4.69, 9.17) is 16.9 Å². The van der Waals surface area contributed by atoms with Crippen molar-refractivity contribution in [2.45, 2.75) is 33.7 Å². The first-order valence-corrected chi connectivity index (χ1v) is 7.34. The lowest BCUT2D eigenvalue weighted by molar-refractivity contribution is 0.862. The van der Waals surface area contributed by atoms with Gasteiger partial charge in [0.05, 0.1) is 22.3 Å². The highest BCUT2D eigenvalue weighted by molar-refractivity contribution is 6.33. The molecule has 2 aromatic rings. The third kappa shape index (κ3) is 3.37. The third-order valence-corrected chi connectivity index (χ3v) is 3.97. The first-order valence-electron chi connectivity index (χ1n) is 6.96. The van der Waals surface area contributed by atoms with Gasteiger partial charge < -0.3 is 5.32 Å². The van der Waals surface area contributed by atoms with Gasteiger partial charge in [-0.05, 0) is 62.6 Å². The van der Waals surface area contributed by atoms with Crippen molar-refractivity contribution in [2.75, 3.05) is 5.32 Å². The lowest BCUT2D eigenvalue weighted by atomic mass is 9.94. The number of hydrogen-bond donors (Lipinski definition) is 1. The molecular weight excluding hydrogens is 280 g/mol. The van der Waals surface area contributed by atoms with Crippen LogP contribution in [-0.4, -0.2) is 0 Å². The van der Waals surface area contributed by atoms with Crippen molar-refractivity contribution in [2.24, 2.45) is 0 Å². The normalized spacial score (nSPS) is 11.8. The van der Waals surface area contributed by atoms with Crippen LogP contribution in [0.15, 0.2) is 30.3 Å². The van der Waals surface area contributed by atoms with Crippen LogP contribution in [-0.2, 0) is 0 Å². The monoisotopic (exact) mass is 298 g/mol. The maximum atomic E-state index is 9.00. The van der Waals surface area contributed by atoms with Crippen molar-refractivity contribution in [1.29, 1.82) is 5.26 Å². The molecule has 0 spiro atoms. The summed E-state index contributed by atoms with van der Waals surface area (Å²) in [6.45, 7) is 8.47. The molecule has 0 saturated carbocycles. The number of hydrogen-bond acceptors (Lipinski definition) is 2. The summed E-state index contributed by atoms with van der Waals surface area (Å²) in [6.07, 6.45) is 0. The minimum Gasteiger partial charge on any atom is -0.377 e. The van der Waals surface area contributed by atoms with Crippen molar-refractivity contribution < 1.29 is 0 Å². The van der Waals surface area contributed by atoms with Crippen molar-refractivity contribution in [3.63, 3.8) is 0 Å². The van der Waals surface area contributed by atoms with Gasteiger partial charge in [0.2, 0.25) is 0 Å². The summed E-state index contributed by atoms with van der Waals surface area (Å²) in [5.41, 5.74) is 6.47. The van der Waals surface area contributed by atoms with Crippen LogP contribution in [0.4, 0.5) is 5.69 Å². The smallest absolute Gasteiger partial charge is 0.0992 e. The molecule has 3 heteroatoms. The van der Waals surface area contributed by atoms with E-state index in [0.717, 1.165) is 5.69 Å². The predicted molar refractivity (Wildman–Crippen MR) is 88.9 cm³/mol. The lowest BCUT2D eigenvalue weighted by Gasteiger charge is -2.21. The number of rotatable bonds is 3. The molecule has 1 atom stereocenters. The zero-order valence-corrected chi connectivity index (χ0v) is 13.5.